The van der Waals surface area contributed by atoms with Crippen LogP contribution in [0.2, 0.25) is 5.02 Å². The zero-order valence-electron chi connectivity index (χ0n) is 21.1. The first-order valence-corrected chi connectivity index (χ1v) is 12.9. The summed E-state index contributed by atoms with van der Waals surface area (Å²) in [4.78, 5) is 18.4. The van der Waals surface area contributed by atoms with Gasteiger partial charge in [-0.25, -0.2) is 0 Å². The van der Waals surface area contributed by atoms with E-state index in [0.717, 1.165) is 34.1 Å². The molecule has 0 bridgehead atoms. The second kappa shape index (κ2) is 10.00. The number of pyridine rings is 1. The molecule has 6 nitrogen and oxygen atoms in total. The van der Waals surface area contributed by atoms with Crippen molar-refractivity contribution in [3.8, 4) is 5.69 Å². The first-order chi connectivity index (χ1) is 17.8. The number of anilines is 2. The Hall–Kier alpha value is -3.68. The number of aromatic nitrogens is 2. The van der Waals surface area contributed by atoms with E-state index in [-0.39, 0.29) is 18.0 Å². The molecule has 1 aliphatic heterocycles. The monoisotopic (exact) mass is 529 g/mol. The molecule has 0 unspecified atom stereocenters. The molecule has 0 saturated carbocycles. The topological polar surface area (TPSA) is 62.2 Å². The fourth-order valence-corrected chi connectivity index (χ4v) is 5.81. The molecule has 0 spiro atoms. The van der Waals surface area contributed by atoms with Gasteiger partial charge in [0.1, 0.15) is 0 Å². The molecule has 8 heteroatoms. The van der Waals surface area contributed by atoms with Crippen molar-refractivity contribution in [2.45, 2.75) is 39.8 Å². The summed E-state index contributed by atoms with van der Waals surface area (Å²) in [6.07, 6.45) is 1.81. The van der Waals surface area contributed by atoms with E-state index in [1.165, 1.54) is 18.1 Å². The maximum atomic E-state index is 11.5. The van der Waals surface area contributed by atoms with Gasteiger partial charge in [-0.15, -0.1) is 0 Å². The first kappa shape index (κ1) is 25.0. The van der Waals surface area contributed by atoms with Crippen LogP contribution in [0.25, 0.3) is 5.69 Å². The van der Waals surface area contributed by atoms with E-state index in [2.05, 4.69) is 51.9 Å². The smallest absolute Gasteiger partial charge is 0.221 e. The second-order valence-corrected chi connectivity index (χ2v) is 10.1. The molecule has 188 valence electrons. The molecular formula is C29H28ClN5OS. The molecule has 1 amide bonds. The molecule has 2 aromatic carbocycles. The summed E-state index contributed by atoms with van der Waals surface area (Å²) >= 11 is 12.3. The van der Waals surface area contributed by atoms with Crippen molar-refractivity contribution >= 4 is 46.2 Å². The van der Waals surface area contributed by atoms with E-state index >= 15 is 0 Å². The van der Waals surface area contributed by atoms with Crippen molar-refractivity contribution in [3.05, 3.63) is 106 Å². The van der Waals surface area contributed by atoms with Crippen LogP contribution in [0, 0.1) is 20.8 Å². The summed E-state index contributed by atoms with van der Waals surface area (Å²) in [5.74, 6) is -0.108. The van der Waals surface area contributed by atoms with E-state index < -0.39 is 0 Å². The molecule has 0 aliphatic carbocycles. The van der Waals surface area contributed by atoms with Crippen molar-refractivity contribution in [2.24, 2.45) is 0 Å². The second-order valence-electron chi connectivity index (χ2n) is 9.25. The summed E-state index contributed by atoms with van der Waals surface area (Å²) < 4.78 is 2.26. The van der Waals surface area contributed by atoms with Gasteiger partial charge >= 0.3 is 0 Å². The molecule has 37 heavy (non-hydrogen) atoms. The Bertz CT molecular complexity index is 1480. The number of thiocarbonyl (C=S) groups is 1. The fraction of sp³-hybridized carbons (Fsp3) is 0.207. The van der Waals surface area contributed by atoms with Gasteiger partial charge in [0.2, 0.25) is 5.91 Å². The molecule has 2 N–H and O–H groups in total. The van der Waals surface area contributed by atoms with Crippen LogP contribution < -0.4 is 15.5 Å². The Kier molecular flexibility index (Phi) is 6.75. The van der Waals surface area contributed by atoms with E-state index in [4.69, 9.17) is 23.8 Å². The number of halogens is 1. The predicted molar refractivity (Wildman–Crippen MR) is 154 cm³/mol. The van der Waals surface area contributed by atoms with Crippen LogP contribution in [0.4, 0.5) is 11.4 Å². The molecule has 2 aromatic heterocycles. The van der Waals surface area contributed by atoms with Gasteiger partial charge in [0.15, 0.2) is 5.11 Å². The molecule has 1 saturated heterocycles. The number of nitrogens with one attached hydrogen (secondary N) is 2. The van der Waals surface area contributed by atoms with Crippen LogP contribution in [0.15, 0.2) is 72.9 Å². The van der Waals surface area contributed by atoms with Crippen molar-refractivity contribution < 1.29 is 4.79 Å². The van der Waals surface area contributed by atoms with Crippen molar-refractivity contribution in [3.63, 3.8) is 0 Å². The lowest BCUT2D eigenvalue weighted by Crippen LogP contribution is -2.29. The Labute approximate surface area is 227 Å². The van der Waals surface area contributed by atoms with Gasteiger partial charge in [0.25, 0.3) is 0 Å². The van der Waals surface area contributed by atoms with Gasteiger partial charge in [-0.1, -0.05) is 23.7 Å². The number of nitrogens with zero attached hydrogens (tertiary/aromatic N) is 3. The molecular weight excluding hydrogens is 502 g/mol. The van der Waals surface area contributed by atoms with Gasteiger partial charge in [0, 0.05) is 52.2 Å². The standard InChI is InChI=1S/C29H28ClN5OS/c1-17-18(2)34(24-9-7-8-21(30)16-24)19(3)26(17)28-27(25-10-5-6-15-31-25)33-29(37)35(28)23-13-11-22(12-14-23)32-20(4)36/h5-16,27-28H,1-4H3,(H,32,36)(H,33,37)/t27-,28-/m0/s1. The van der Waals surface area contributed by atoms with Gasteiger partial charge in [-0.2, -0.15) is 0 Å². The lowest BCUT2D eigenvalue weighted by atomic mass is 9.93. The van der Waals surface area contributed by atoms with E-state index in [1.54, 1.807) is 0 Å². The van der Waals surface area contributed by atoms with Crippen LogP contribution in [0.3, 0.4) is 0 Å². The quantitative estimate of drug-likeness (QED) is 0.286. The molecule has 3 heterocycles. The highest BCUT2D eigenvalue weighted by Crippen LogP contribution is 2.45. The Morgan fingerprint density at radius 3 is 2.41 bits per heavy atom. The third-order valence-electron chi connectivity index (χ3n) is 6.93. The minimum absolute atomic E-state index is 0.108. The van der Waals surface area contributed by atoms with Gasteiger partial charge < -0.3 is 20.1 Å². The number of benzene rings is 2. The van der Waals surface area contributed by atoms with Gasteiger partial charge in [-0.3, -0.25) is 9.78 Å². The summed E-state index contributed by atoms with van der Waals surface area (Å²) in [6, 6.07) is 21.3. The first-order valence-electron chi connectivity index (χ1n) is 12.1. The summed E-state index contributed by atoms with van der Waals surface area (Å²) in [7, 11) is 0. The lowest BCUT2D eigenvalue weighted by Gasteiger charge is -2.29. The Morgan fingerprint density at radius 1 is 1.00 bits per heavy atom. The maximum absolute atomic E-state index is 11.5. The highest BCUT2D eigenvalue weighted by atomic mass is 35.5. The molecule has 4 aromatic rings. The van der Waals surface area contributed by atoms with Crippen molar-refractivity contribution in [1.82, 2.24) is 14.9 Å². The zero-order chi connectivity index (χ0) is 26.3. The molecule has 1 aliphatic rings. The van der Waals surface area contributed by atoms with E-state index in [9.17, 15) is 4.79 Å². The minimum atomic E-state index is -0.157. The zero-order valence-corrected chi connectivity index (χ0v) is 22.7. The minimum Gasteiger partial charge on any atom is -0.351 e. The number of carbonyl (C=O) groups excluding carboxylic acids is 1. The fourth-order valence-electron chi connectivity index (χ4n) is 5.28. The molecule has 5 rings (SSSR count). The van der Waals surface area contributed by atoms with Crippen LogP contribution in [0.5, 0.6) is 0 Å². The third kappa shape index (κ3) is 4.61. The van der Waals surface area contributed by atoms with Crippen LogP contribution in [0.1, 0.15) is 47.2 Å². The normalized spacial score (nSPS) is 17.1. The summed E-state index contributed by atoms with van der Waals surface area (Å²) in [5.41, 5.74) is 8.25. The van der Waals surface area contributed by atoms with Gasteiger partial charge in [0.05, 0.1) is 17.8 Å². The van der Waals surface area contributed by atoms with Crippen LogP contribution in [-0.2, 0) is 4.79 Å². The average Bonchev–Trinajstić information content (AvgIpc) is 3.32. The molecule has 0 radical (unpaired) electrons. The molecule has 2 atom stereocenters. The number of amides is 1. The number of carbonyl (C=O) groups is 1. The number of hydrogen-bond donors (Lipinski definition) is 2. The largest absolute Gasteiger partial charge is 0.351 e. The van der Waals surface area contributed by atoms with E-state index in [0.29, 0.717) is 10.1 Å². The third-order valence-corrected chi connectivity index (χ3v) is 7.48. The number of hydrogen-bond acceptors (Lipinski definition) is 3. The molecule has 1 fully saturated rings. The van der Waals surface area contributed by atoms with Crippen LogP contribution >= 0.6 is 23.8 Å². The maximum Gasteiger partial charge on any atom is 0.221 e. The van der Waals surface area contributed by atoms with Crippen molar-refractivity contribution in [1.29, 1.82) is 0 Å². The summed E-state index contributed by atoms with van der Waals surface area (Å²) in [6.45, 7) is 7.94. The van der Waals surface area contributed by atoms with Crippen LogP contribution in [-0.4, -0.2) is 20.6 Å². The predicted octanol–water partition coefficient (Wildman–Crippen LogP) is 6.59. The van der Waals surface area contributed by atoms with E-state index in [1.807, 2.05) is 66.9 Å². The highest BCUT2D eigenvalue weighted by Gasteiger charge is 2.43. The lowest BCUT2D eigenvalue weighted by molar-refractivity contribution is -0.114. The van der Waals surface area contributed by atoms with Gasteiger partial charge in [-0.05, 0) is 93.1 Å². The summed E-state index contributed by atoms with van der Waals surface area (Å²) in [5, 5.41) is 7.69. The SMILES string of the molecule is CC(=O)Nc1ccc(N2C(=S)N[C@@H](c3ccccn3)[C@@H]2c2c(C)c(C)n(-c3cccc(Cl)c3)c2C)cc1. The Balaban J connectivity index is 1.68. The highest BCUT2D eigenvalue weighted by molar-refractivity contribution is 7.80. The number of rotatable bonds is 5. The Morgan fingerprint density at radius 2 is 1.76 bits per heavy atom. The van der Waals surface area contributed by atoms with Crippen molar-refractivity contribution in [2.75, 3.05) is 10.2 Å². The average molecular weight is 530 g/mol.